The normalized spacial score (nSPS) is 16.6. The molecule has 0 radical (unpaired) electrons. The van der Waals surface area contributed by atoms with Crippen LogP contribution in [0.2, 0.25) is 0 Å². The van der Waals surface area contributed by atoms with Gasteiger partial charge < -0.3 is 23.2 Å². The van der Waals surface area contributed by atoms with Crippen molar-refractivity contribution in [1.29, 1.82) is 0 Å². The Bertz CT molecular complexity index is 964. The standard InChI is InChI=1S/C19H20N2O6/c1-10-17(11(2)27-21-10)20-19(22)26-14-4-5-15(23-3)18-13(14)8-16(25-18)12-6-7-24-9-12/h4-5,8,12H,6-7,9H2,1-3H3,(H,20,22). The fraction of sp³-hybridized carbons (Fsp3) is 0.368. The molecule has 2 aromatic heterocycles. The van der Waals surface area contributed by atoms with Crippen molar-refractivity contribution in [2.45, 2.75) is 26.2 Å². The van der Waals surface area contributed by atoms with Crippen molar-refractivity contribution >= 4 is 22.7 Å². The highest BCUT2D eigenvalue weighted by Crippen LogP contribution is 2.39. The third-order valence-corrected chi connectivity index (χ3v) is 4.64. The van der Waals surface area contributed by atoms with Crippen LogP contribution < -0.4 is 14.8 Å². The molecule has 1 amide bonds. The van der Waals surface area contributed by atoms with Gasteiger partial charge in [-0.2, -0.15) is 0 Å². The average molecular weight is 372 g/mol. The zero-order valence-corrected chi connectivity index (χ0v) is 15.3. The number of amides is 1. The second-order valence-corrected chi connectivity index (χ2v) is 6.43. The number of carbonyl (C=O) groups excluding carboxylic acids is 1. The molecular weight excluding hydrogens is 352 g/mol. The Morgan fingerprint density at radius 3 is 2.78 bits per heavy atom. The first-order valence-electron chi connectivity index (χ1n) is 8.66. The molecule has 1 unspecified atom stereocenters. The molecule has 3 aromatic rings. The summed E-state index contributed by atoms with van der Waals surface area (Å²) in [4.78, 5) is 12.4. The molecule has 0 aliphatic carbocycles. The largest absolute Gasteiger partial charge is 0.493 e. The van der Waals surface area contributed by atoms with Crippen molar-refractivity contribution in [3.05, 3.63) is 35.4 Å². The number of benzene rings is 1. The lowest BCUT2D eigenvalue weighted by Crippen LogP contribution is -2.17. The van der Waals surface area contributed by atoms with Crippen LogP contribution in [0.5, 0.6) is 11.5 Å². The fourth-order valence-electron chi connectivity index (χ4n) is 3.19. The van der Waals surface area contributed by atoms with Gasteiger partial charge in [0.2, 0.25) is 0 Å². The Hall–Kier alpha value is -3.00. The first-order valence-corrected chi connectivity index (χ1v) is 8.66. The van der Waals surface area contributed by atoms with Gasteiger partial charge in [-0.3, -0.25) is 5.32 Å². The molecule has 4 rings (SSSR count). The quantitative estimate of drug-likeness (QED) is 0.734. The van der Waals surface area contributed by atoms with E-state index in [1.165, 1.54) is 0 Å². The summed E-state index contributed by atoms with van der Waals surface area (Å²) in [6.45, 7) is 4.78. The maximum atomic E-state index is 12.4. The van der Waals surface area contributed by atoms with Crippen molar-refractivity contribution in [1.82, 2.24) is 5.16 Å². The maximum Gasteiger partial charge on any atom is 0.417 e. The number of hydrogen-bond acceptors (Lipinski definition) is 7. The lowest BCUT2D eigenvalue weighted by atomic mass is 10.1. The minimum atomic E-state index is -0.636. The molecule has 27 heavy (non-hydrogen) atoms. The van der Waals surface area contributed by atoms with Crippen molar-refractivity contribution in [2.75, 3.05) is 25.6 Å². The summed E-state index contributed by atoms with van der Waals surface area (Å²) in [5.41, 5.74) is 1.62. The summed E-state index contributed by atoms with van der Waals surface area (Å²) in [6.07, 6.45) is 0.257. The lowest BCUT2D eigenvalue weighted by Gasteiger charge is -2.08. The predicted octanol–water partition coefficient (Wildman–Crippen LogP) is 4.16. The van der Waals surface area contributed by atoms with E-state index in [-0.39, 0.29) is 5.92 Å². The van der Waals surface area contributed by atoms with Gasteiger partial charge in [-0.15, -0.1) is 0 Å². The number of aromatic nitrogens is 1. The number of furan rings is 1. The van der Waals surface area contributed by atoms with Crippen molar-refractivity contribution in [2.24, 2.45) is 0 Å². The Morgan fingerprint density at radius 1 is 1.30 bits per heavy atom. The fourth-order valence-corrected chi connectivity index (χ4v) is 3.19. The van der Waals surface area contributed by atoms with Gasteiger partial charge in [0.05, 0.1) is 19.1 Å². The number of nitrogens with zero attached hydrogens (tertiary/aromatic N) is 1. The van der Waals surface area contributed by atoms with Crippen LogP contribution in [-0.4, -0.2) is 31.6 Å². The van der Waals surface area contributed by atoms with Gasteiger partial charge >= 0.3 is 6.09 Å². The summed E-state index contributed by atoms with van der Waals surface area (Å²) >= 11 is 0. The number of fused-ring (bicyclic) bond motifs is 1. The van der Waals surface area contributed by atoms with E-state index in [9.17, 15) is 4.79 Å². The van der Waals surface area contributed by atoms with Gasteiger partial charge in [-0.25, -0.2) is 4.79 Å². The van der Waals surface area contributed by atoms with E-state index in [2.05, 4.69) is 10.5 Å². The van der Waals surface area contributed by atoms with E-state index in [1.807, 2.05) is 6.07 Å². The second kappa shape index (κ2) is 6.96. The van der Waals surface area contributed by atoms with Crippen LogP contribution in [0.25, 0.3) is 11.0 Å². The van der Waals surface area contributed by atoms with Crippen LogP contribution in [-0.2, 0) is 4.74 Å². The van der Waals surface area contributed by atoms with Gasteiger partial charge in [-0.1, -0.05) is 5.16 Å². The number of methoxy groups -OCH3 is 1. The number of rotatable bonds is 4. The van der Waals surface area contributed by atoms with Crippen molar-refractivity contribution in [3.8, 4) is 11.5 Å². The van der Waals surface area contributed by atoms with Crippen LogP contribution in [0.3, 0.4) is 0 Å². The maximum absolute atomic E-state index is 12.4. The molecule has 1 aromatic carbocycles. The molecule has 0 bridgehead atoms. The first kappa shape index (κ1) is 17.4. The number of hydrogen-bond donors (Lipinski definition) is 1. The molecule has 8 nitrogen and oxygen atoms in total. The van der Waals surface area contributed by atoms with E-state index in [4.69, 9.17) is 23.2 Å². The zero-order chi connectivity index (χ0) is 19.0. The molecule has 1 atom stereocenters. The summed E-state index contributed by atoms with van der Waals surface area (Å²) < 4.78 is 27.4. The number of aryl methyl sites for hydroxylation is 2. The monoisotopic (exact) mass is 372 g/mol. The van der Waals surface area contributed by atoms with E-state index in [0.29, 0.717) is 52.8 Å². The predicted molar refractivity (Wildman–Crippen MR) is 96.6 cm³/mol. The molecule has 1 aliphatic rings. The number of ether oxygens (including phenoxy) is 3. The first-order chi connectivity index (χ1) is 13.1. The van der Waals surface area contributed by atoms with Crippen molar-refractivity contribution < 1.29 is 27.9 Å². The topological polar surface area (TPSA) is 96.0 Å². The van der Waals surface area contributed by atoms with E-state index < -0.39 is 6.09 Å². The van der Waals surface area contributed by atoms with E-state index in [0.717, 1.165) is 12.2 Å². The average Bonchev–Trinajstić information content (AvgIpc) is 3.38. The van der Waals surface area contributed by atoms with Crippen LogP contribution in [0.15, 0.2) is 27.1 Å². The summed E-state index contributed by atoms with van der Waals surface area (Å²) in [7, 11) is 1.57. The molecule has 1 fully saturated rings. The second-order valence-electron chi connectivity index (χ2n) is 6.43. The van der Waals surface area contributed by atoms with Gasteiger partial charge in [0.15, 0.2) is 17.1 Å². The highest BCUT2D eigenvalue weighted by molar-refractivity contribution is 5.94. The lowest BCUT2D eigenvalue weighted by molar-refractivity contribution is 0.191. The minimum absolute atomic E-state index is 0.186. The highest BCUT2D eigenvalue weighted by atomic mass is 16.6. The number of anilines is 1. The van der Waals surface area contributed by atoms with Crippen LogP contribution in [0, 0.1) is 13.8 Å². The minimum Gasteiger partial charge on any atom is -0.493 e. The van der Waals surface area contributed by atoms with Crippen LogP contribution in [0.1, 0.15) is 29.6 Å². The SMILES string of the molecule is COc1ccc(OC(=O)Nc2c(C)noc2C)c2cc(C3CCOC3)oc12. The molecule has 3 heterocycles. The molecule has 1 N–H and O–H groups in total. The summed E-state index contributed by atoms with van der Waals surface area (Å²) in [5.74, 6) is 2.45. The summed E-state index contributed by atoms with van der Waals surface area (Å²) in [6, 6.07) is 5.27. The van der Waals surface area contributed by atoms with Gasteiger partial charge in [-0.05, 0) is 38.5 Å². The molecule has 0 saturated carbocycles. The summed E-state index contributed by atoms with van der Waals surface area (Å²) in [5, 5.41) is 7.14. The van der Waals surface area contributed by atoms with E-state index >= 15 is 0 Å². The Labute approximate surface area is 155 Å². The Morgan fingerprint density at radius 2 is 2.11 bits per heavy atom. The van der Waals surface area contributed by atoms with E-state index in [1.54, 1.807) is 33.1 Å². The Kier molecular flexibility index (Phi) is 4.49. The van der Waals surface area contributed by atoms with Gasteiger partial charge in [0.1, 0.15) is 22.9 Å². The third kappa shape index (κ3) is 3.23. The van der Waals surface area contributed by atoms with Gasteiger partial charge in [0.25, 0.3) is 0 Å². The smallest absolute Gasteiger partial charge is 0.417 e. The third-order valence-electron chi connectivity index (χ3n) is 4.64. The van der Waals surface area contributed by atoms with Crippen LogP contribution in [0.4, 0.5) is 10.5 Å². The molecule has 142 valence electrons. The number of carbonyl (C=O) groups is 1. The van der Waals surface area contributed by atoms with Gasteiger partial charge in [0, 0.05) is 12.5 Å². The Balaban J connectivity index is 1.63. The molecular formula is C19H20N2O6. The molecule has 0 spiro atoms. The van der Waals surface area contributed by atoms with Crippen LogP contribution >= 0.6 is 0 Å². The molecule has 8 heteroatoms. The zero-order valence-electron chi connectivity index (χ0n) is 15.3. The molecule has 1 saturated heterocycles. The molecule has 1 aliphatic heterocycles. The van der Waals surface area contributed by atoms with Crippen molar-refractivity contribution in [3.63, 3.8) is 0 Å². The number of nitrogens with one attached hydrogen (secondary N) is 1. The highest BCUT2D eigenvalue weighted by Gasteiger charge is 2.24.